The van der Waals surface area contributed by atoms with Crippen molar-refractivity contribution in [3.8, 4) is 5.75 Å². The maximum Gasteiger partial charge on any atom is 0.306 e. The molecule has 1 aromatic carbocycles. The summed E-state index contributed by atoms with van der Waals surface area (Å²) in [7, 11) is 1.61. The number of fused-ring (bicyclic) bond motifs is 1. The number of nitrogens with one attached hydrogen (secondary N) is 1. The predicted octanol–water partition coefficient (Wildman–Crippen LogP) is 1.91. The van der Waals surface area contributed by atoms with E-state index in [0.29, 0.717) is 24.4 Å². The molecule has 0 saturated heterocycles. The number of benzene rings is 1. The lowest BCUT2D eigenvalue weighted by molar-refractivity contribution is -0.144. The summed E-state index contributed by atoms with van der Waals surface area (Å²) in [6, 6.07) is 5.77. The molecule has 20 heavy (non-hydrogen) atoms. The summed E-state index contributed by atoms with van der Waals surface area (Å²) in [5.74, 6) is 0.427. The van der Waals surface area contributed by atoms with E-state index in [1.807, 2.05) is 18.2 Å². The molecule has 0 aliphatic heterocycles. The van der Waals surface area contributed by atoms with E-state index >= 15 is 0 Å². The Hall–Kier alpha value is -2.37. The predicted molar refractivity (Wildman–Crippen MR) is 73.9 cm³/mol. The van der Waals surface area contributed by atoms with Gasteiger partial charge in [-0.15, -0.1) is 0 Å². The monoisotopic (exact) mass is 273 g/mol. The first-order chi connectivity index (χ1) is 9.69. The Morgan fingerprint density at radius 2 is 2.20 bits per heavy atom. The molecule has 1 aromatic heterocycles. The van der Waals surface area contributed by atoms with Crippen molar-refractivity contribution in [3.05, 3.63) is 24.5 Å². The minimum absolute atomic E-state index is 0.138. The van der Waals surface area contributed by atoms with Crippen molar-refractivity contribution >= 4 is 22.7 Å². The molecule has 1 aliphatic rings. The number of aliphatic carboxylic acids is 1. The molecule has 0 bridgehead atoms. The van der Waals surface area contributed by atoms with E-state index in [2.05, 4.69) is 15.3 Å². The van der Waals surface area contributed by atoms with E-state index in [0.717, 1.165) is 10.9 Å². The fourth-order valence-corrected chi connectivity index (χ4v) is 2.49. The highest BCUT2D eigenvalue weighted by atomic mass is 16.5. The van der Waals surface area contributed by atoms with Crippen LogP contribution in [0.25, 0.3) is 10.9 Å². The molecule has 0 unspecified atom stereocenters. The minimum atomic E-state index is -0.729. The zero-order chi connectivity index (χ0) is 14.1. The first-order valence-electron chi connectivity index (χ1n) is 6.46. The summed E-state index contributed by atoms with van der Waals surface area (Å²) < 4.78 is 5.35. The van der Waals surface area contributed by atoms with Gasteiger partial charge >= 0.3 is 5.97 Å². The van der Waals surface area contributed by atoms with Gasteiger partial charge in [-0.25, -0.2) is 9.97 Å². The SMILES string of the molecule is COc1cccc2ncnc(NC3CC(C(=O)O)C3)c12. The Labute approximate surface area is 115 Å². The zero-order valence-electron chi connectivity index (χ0n) is 11.0. The van der Waals surface area contributed by atoms with Crippen LogP contribution in [0.5, 0.6) is 5.75 Å². The van der Waals surface area contributed by atoms with E-state index < -0.39 is 5.97 Å². The fraction of sp³-hybridized carbons (Fsp3) is 0.357. The summed E-state index contributed by atoms with van der Waals surface area (Å²) in [6.07, 6.45) is 2.74. The number of carboxylic acids is 1. The first-order valence-corrected chi connectivity index (χ1v) is 6.46. The number of hydrogen-bond donors (Lipinski definition) is 2. The van der Waals surface area contributed by atoms with Gasteiger partial charge in [0.1, 0.15) is 17.9 Å². The molecule has 104 valence electrons. The van der Waals surface area contributed by atoms with E-state index in [4.69, 9.17) is 9.84 Å². The van der Waals surface area contributed by atoms with Crippen molar-refractivity contribution in [2.75, 3.05) is 12.4 Å². The third-order valence-electron chi connectivity index (χ3n) is 3.67. The molecule has 0 spiro atoms. The van der Waals surface area contributed by atoms with E-state index in [-0.39, 0.29) is 12.0 Å². The van der Waals surface area contributed by atoms with Crippen molar-refractivity contribution < 1.29 is 14.6 Å². The fourth-order valence-electron chi connectivity index (χ4n) is 2.49. The van der Waals surface area contributed by atoms with Gasteiger partial charge in [-0.1, -0.05) is 6.07 Å². The minimum Gasteiger partial charge on any atom is -0.496 e. The Bertz CT molecular complexity index is 648. The Balaban J connectivity index is 1.87. The van der Waals surface area contributed by atoms with Crippen LogP contribution in [0.4, 0.5) is 5.82 Å². The van der Waals surface area contributed by atoms with Crippen LogP contribution in [0, 0.1) is 5.92 Å². The summed E-state index contributed by atoms with van der Waals surface area (Å²) in [4.78, 5) is 19.3. The lowest BCUT2D eigenvalue weighted by Crippen LogP contribution is -2.39. The third-order valence-corrected chi connectivity index (χ3v) is 3.67. The number of aromatic nitrogens is 2. The van der Waals surface area contributed by atoms with E-state index in [9.17, 15) is 4.79 Å². The second-order valence-electron chi connectivity index (χ2n) is 4.92. The molecule has 1 saturated carbocycles. The van der Waals surface area contributed by atoms with Gasteiger partial charge in [-0.05, 0) is 25.0 Å². The molecular weight excluding hydrogens is 258 g/mol. The molecule has 2 aromatic rings. The van der Waals surface area contributed by atoms with Crippen LogP contribution in [0.1, 0.15) is 12.8 Å². The quantitative estimate of drug-likeness (QED) is 0.885. The zero-order valence-corrected chi connectivity index (χ0v) is 11.0. The Morgan fingerprint density at radius 1 is 1.40 bits per heavy atom. The van der Waals surface area contributed by atoms with Crippen molar-refractivity contribution in [2.24, 2.45) is 5.92 Å². The summed E-state index contributed by atoms with van der Waals surface area (Å²) in [6.45, 7) is 0. The number of nitrogens with zero attached hydrogens (tertiary/aromatic N) is 2. The third kappa shape index (κ3) is 2.13. The molecule has 1 heterocycles. The highest BCUT2D eigenvalue weighted by Gasteiger charge is 2.34. The standard InChI is InChI=1S/C14H15N3O3/c1-20-11-4-2-3-10-12(11)13(16-7-15-10)17-9-5-8(6-9)14(18)19/h2-4,7-9H,5-6H2,1H3,(H,18,19)(H,15,16,17). The Morgan fingerprint density at radius 3 is 2.90 bits per heavy atom. The summed E-state index contributed by atoms with van der Waals surface area (Å²) in [5.41, 5.74) is 0.802. The highest BCUT2D eigenvalue weighted by molar-refractivity contribution is 5.94. The summed E-state index contributed by atoms with van der Waals surface area (Å²) in [5, 5.41) is 13.0. The second kappa shape index (κ2) is 4.96. The number of hydrogen-bond acceptors (Lipinski definition) is 5. The van der Waals surface area contributed by atoms with Gasteiger partial charge in [0.25, 0.3) is 0 Å². The van der Waals surface area contributed by atoms with Gasteiger partial charge in [0.2, 0.25) is 0 Å². The van der Waals surface area contributed by atoms with Gasteiger partial charge in [0.15, 0.2) is 0 Å². The molecule has 1 fully saturated rings. The average molecular weight is 273 g/mol. The van der Waals surface area contributed by atoms with E-state index in [1.54, 1.807) is 7.11 Å². The molecule has 0 radical (unpaired) electrons. The largest absolute Gasteiger partial charge is 0.496 e. The normalized spacial score (nSPS) is 21.2. The van der Waals surface area contributed by atoms with Gasteiger partial charge < -0.3 is 15.2 Å². The van der Waals surface area contributed by atoms with Crippen LogP contribution in [0.3, 0.4) is 0 Å². The van der Waals surface area contributed by atoms with Gasteiger partial charge in [0.05, 0.1) is 23.9 Å². The first kappa shape index (κ1) is 12.7. The van der Waals surface area contributed by atoms with Gasteiger partial charge in [-0.3, -0.25) is 4.79 Å². The van der Waals surface area contributed by atoms with Crippen LogP contribution in [0.2, 0.25) is 0 Å². The van der Waals surface area contributed by atoms with Crippen LogP contribution >= 0.6 is 0 Å². The maximum atomic E-state index is 10.8. The van der Waals surface area contributed by atoms with Crippen LogP contribution in [0.15, 0.2) is 24.5 Å². The molecular formula is C14H15N3O3. The number of ether oxygens (including phenoxy) is 1. The smallest absolute Gasteiger partial charge is 0.306 e. The van der Waals surface area contributed by atoms with E-state index in [1.165, 1.54) is 6.33 Å². The lowest BCUT2D eigenvalue weighted by Gasteiger charge is -2.33. The van der Waals surface area contributed by atoms with Crippen LogP contribution in [-0.4, -0.2) is 34.2 Å². The molecule has 2 N–H and O–H groups in total. The van der Waals surface area contributed by atoms with Crippen LogP contribution < -0.4 is 10.1 Å². The number of anilines is 1. The number of rotatable bonds is 4. The molecule has 1 aliphatic carbocycles. The Kier molecular flexibility index (Phi) is 3.14. The number of carbonyl (C=O) groups is 1. The van der Waals surface area contributed by atoms with Crippen molar-refractivity contribution in [2.45, 2.75) is 18.9 Å². The molecule has 3 rings (SSSR count). The van der Waals surface area contributed by atoms with Crippen LogP contribution in [-0.2, 0) is 4.79 Å². The summed E-state index contributed by atoms with van der Waals surface area (Å²) >= 11 is 0. The molecule has 0 atom stereocenters. The molecule has 6 heteroatoms. The average Bonchev–Trinajstić information content (AvgIpc) is 2.41. The van der Waals surface area contributed by atoms with Gasteiger partial charge in [0, 0.05) is 6.04 Å². The van der Waals surface area contributed by atoms with Crippen molar-refractivity contribution in [1.29, 1.82) is 0 Å². The molecule has 0 amide bonds. The van der Waals surface area contributed by atoms with Crippen molar-refractivity contribution in [3.63, 3.8) is 0 Å². The second-order valence-corrected chi connectivity index (χ2v) is 4.92. The number of methoxy groups -OCH3 is 1. The molecule has 6 nitrogen and oxygen atoms in total. The number of carboxylic acid groups (broad SMARTS) is 1. The lowest BCUT2D eigenvalue weighted by atomic mass is 9.80. The van der Waals surface area contributed by atoms with Gasteiger partial charge in [-0.2, -0.15) is 0 Å². The highest BCUT2D eigenvalue weighted by Crippen LogP contribution is 2.34. The maximum absolute atomic E-state index is 10.8. The van der Waals surface area contributed by atoms with Crippen molar-refractivity contribution in [1.82, 2.24) is 9.97 Å². The topological polar surface area (TPSA) is 84.3 Å².